The monoisotopic (exact) mass is 181 g/mol. The number of aryl methyl sites for hydroxylation is 1. The van der Waals surface area contributed by atoms with E-state index in [1.807, 2.05) is 0 Å². The van der Waals surface area contributed by atoms with Gasteiger partial charge in [0.15, 0.2) is 5.82 Å². The molecule has 6 nitrogen and oxygen atoms in total. The molecule has 0 aliphatic carbocycles. The first-order valence-corrected chi connectivity index (χ1v) is 4.18. The van der Waals surface area contributed by atoms with Gasteiger partial charge in [0, 0.05) is 20.5 Å². The number of aromatic nitrogens is 4. The molecule has 0 spiro atoms. The number of hydrogen-bond acceptors (Lipinski definition) is 4. The molecular weight excluding hydrogens is 170 g/mol. The molecule has 0 N–H and O–H groups in total. The summed E-state index contributed by atoms with van der Waals surface area (Å²) in [5, 5.41) is 11.2. The van der Waals surface area contributed by atoms with E-state index < -0.39 is 0 Å². The summed E-state index contributed by atoms with van der Waals surface area (Å²) >= 11 is 0. The highest BCUT2D eigenvalue weighted by molar-refractivity contribution is 5.78. The number of carbonyl (C=O) groups excluding carboxylic acids is 1. The molecule has 1 atom stereocenters. The van der Waals surface area contributed by atoms with Crippen molar-refractivity contribution in [1.29, 1.82) is 0 Å². The van der Waals surface area contributed by atoms with Gasteiger partial charge in [-0.1, -0.05) is 0 Å². The molecule has 1 fully saturated rings. The molecule has 0 saturated carbocycles. The summed E-state index contributed by atoms with van der Waals surface area (Å²) in [6, 6.07) is 0.0486. The maximum Gasteiger partial charge on any atom is 0.223 e. The van der Waals surface area contributed by atoms with Crippen molar-refractivity contribution in [3.05, 3.63) is 5.82 Å². The predicted octanol–water partition coefficient (Wildman–Crippen LogP) is -0.497. The number of nitrogens with zero attached hydrogens (tertiary/aromatic N) is 5. The van der Waals surface area contributed by atoms with Crippen LogP contribution in [0.2, 0.25) is 0 Å². The average molecular weight is 181 g/mol. The summed E-state index contributed by atoms with van der Waals surface area (Å²) < 4.78 is 1.61. The minimum atomic E-state index is 0.0486. The first-order valence-electron chi connectivity index (χ1n) is 4.18. The Labute approximate surface area is 75.5 Å². The third-order valence-electron chi connectivity index (χ3n) is 2.44. The maximum absolute atomic E-state index is 11.2. The van der Waals surface area contributed by atoms with E-state index in [1.165, 1.54) is 0 Å². The zero-order valence-electron chi connectivity index (χ0n) is 7.64. The van der Waals surface area contributed by atoms with Crippen molar-refractivity contribution < 1.29 is 4.79 Å². The topological polar surface area (TPSA) is 63.9 Å². The van der Waals surface area contributed by atoms with E-state index in [0.29, 0.717) is 6.42 Å². The van der Waals surface area contributed by atoms with E-state index in [0.717, 1.165) is 12.2 Å². The quantitative estimate of drug-likeness (QED) is 0.586. The molecule has 1 unspecified atom stereocenters. The van der Waals surface area contributed by atoms with Gasteiger partial charge in [-0.3, -0.25) is 4.79 Å². The Morgan fingerprint density at radius 2 is 2.23 bits per heavy atom. The largest absolute Gasteiger partial charge is 0.335 e. The Balaban J connectivity index is 2.28. The van der Waals surface area contributed by atoms with Crippen molar-refractivity contribution in [2.75, 3.05) is 7.05 Å². The van der Waals surface area contributed by atoms with Gasteiger partial charge >= 0.3 is 0 Å². The Morgan fingerprint density at radius 3 is 2.69 bits per heavy atom. The number of tetrazole rings is 1. The van der Waals surface area contributed by atoms with Crippen molar-refractivity contribution in [1.82, 2.24) is 25.1 Å². The van der Waals surface area contributed by atoms with Crippen LogP contribution in [0.15, 0.2) is 0 Å². The Kier molecular flexibility index (Phi) is 1.75. The molecule has 2 heterocycles. The predicted molar refractivity (Wildman–Crippen MR) is 43.5 cm³/mol. The van der Waals surface area contributed by atoms with Crippen molar-refractivity contribution in [2.45, 2.75) is 18.9 Å². The lowest BCUT2D eigenvalue weighted by Crippen LogP contribution is -2.24. The van der Waals surface area contributed by atoms with Crippen molar-refractivity contribution in [2.24, 2.45) is 7.05 Å². The lowest BCUT2D eigenvalue weighted by molar-refractivity contribution is -0.127. The van der Waals surface area contributed by atoms with Gasteiger partial charge < -0.3 is 4.90 Å². The molecule has 1 aliphatic heterocycles. The van der Waals surface area contributed by atoms with E-state index in [-0.39, 0.29) is 11.9 Å². The lowest BCUT2D eigenvalue weighted by Gasteiger charge is -2.17. The minimum Gasteiger partial charge on any atom is -0.335 e. The van der Waals surface area contributed by atoms with Crippen LogP contribution in [0.3, 0.4) is 0 Å². The first kappa shape index (κ1) is 8.15. The first-order chi connectivity index (χ1) is 6.20. The fourth-order valence-corrected chi connectivity index (χ4v) is 1.62. The zero-order chi connectivity index (χ0) is 9.42. The van der Waals surface area contributed by atoms with Crippen LogP contribution in [-0.4, -0.2) is 38.1 Å². The van der Waals surface area contributed by atoms with Gasteiger partial charge in [0.2, 0.25) is 5.91 Å². The fourth-order valence-electron chi connectivity index (χ4n) is 1.62. The van der Waals surface area contributed by atoms with Crippen LogP contribution < -0.4 is 0 Å². The second-order valence-corrected chi connectivity index (χ2v) is 3.22. The molecule has 1 amide bonds. The third kappa shape index (κ3) is 1.18. The molecule has 13 heavy (non-hydrogen) atoms. The van der Waals surface area contributed by atoms with E-state index in [2.05, 4.69) is 15.5 Å². The summed E-state index contributed by atoms with van der Waals surface area (Å²) in [4.78, 5) is 12.9. The molecule has 1 aliphatic rings. The molecule has 70 valence electrons. The molecule has 6 heteroatoms. The lowest BCUT2D eigenvalue weighted by atomic mass is 10.2. The molecule has 1 aromatic heterocycles. The van der Waals surface area contributed by atoms with Crippen LogP contribution >= 0.6 is 0 Å². The van der Waals surface area contributed by atoms with Crippen molar-refractivity contribution >= 4 is 5.91 Å². The Bertz CT molecular complexity index is 333. The van der Waals surface area contributed by atoms with Gasteiger partial charge in [-0.05, 0) is 16.8 Å². The minimum absolute atomic E-state index is 0.0486. The number of amides is 1. The van der Waals surface area contributed by atoms with Crippen LogP contribution in [-0.2, 0) is 11.8 Å². The maximum atomic E-state index is 11.2. The zero-order valence-corrected chi connectivity index (χ0v) is 7.64. The number of likely N-dealkylation sites (tertiary alicyclic amines) is 1. The molecule has 0 radical (unpaired) electrons. The van der Waals surface area contributed by atoms with E-state index in [1.54, 1.807) is 23.7 Å². The Hall–Kier alpha value is -1.46. The fraction of sp³-hybridized carbons (Fsp3) is 0.714. The molecule has 0 bridgehead atoms. The standard InChI is InChI=1S/C7H11N5O/c1-11-5(3-4-6(11)13)7-8-9-10-12(7)2/h5H,3-4H2,1-2H3. The highest BCUT2D eigenvalue weighted by atomic mass is 16.2. The molecule has 1 aromatic rings. The summed E-state index contributed by atoms with van der Waals surface area (Å²) in [5.41, 5.74) is 0. The molecule has 2 rings (SSSR count). The van der Waals surface area contributed by atoms with Crippen LogP contribution in [0.1, 0.15) is 24.7 Å². The summed E-state index contributed by atoms with van der Waals surface area (Å²) in [5.74, 6) is 0.918. The third-order valence-corrected chi connectivity index (χ3v) is 2.44. The van der Waals surface area contributed by atoms with Crippen LogP contribution in [0.5, 0.6) is 0 Å². The smallest absolute Gasteiger partial charge is 0.223 e. The van der Waals surface area contributed by atoms with Crippen LogP contribution in [0.4, 0.5) is 0 Å². The molecule has 0 aromatic carbocycles. The molecular formula is C7H11N5O. The summed E-state index contributed by atoms with van der Waals surface area (Å²) in [6.07, 6.45) is 1.40. The van der Waals surface area contributed by atoms with E-state index in [4.69, 9.17) is 0 Å². The number of rotatable bonds is 1. The summed E-state index contributed by atoms with van der Waals surface area (Å²) in [6.45, 7) is 0. The van der Waals surface area contributed by atoms with Gasteiger partial charge in [-0.15, -0.1) is 5.10 Å². The number of hydrogen-bond donors (Lipinski definition) is 0. The van der Waals surface area contributed by atoms with E-state index >= 15 is 0 Å². The van der Waals surface area contributed by atoms with Gasteiger partial charge in [0.25, 0.3) is 0 Å². The van der Waals surface area contributed by atoms with Crippen molar-refractivity contribution in [3.8, 4) is 0 Å². The normalized spacial score (nSPS) is 22.8. The average Bonchev–Trinajstić information content (AvgIpc) is 2.62. The van der Waals surface area contributed by atoms with Gasteiger partial charge in [0.1, 0.15) is 0 Å². The highest BCUT2D eigenvalue weighted by Gasteiger charge is 2.32. The van der Waals surface area contributed by atoms with Gasteiger partial charge in [-0.2, -0.15) is 0 Å². The van der Waals surface area contributed by atoms with E-state index in [9.17, 15) is 4.79 Å². The highest BCUT2D eigenvalue weighted by Crippen LogP contribution is 2.28. The number of carbonyl (C=O) groups is 1. The van der Waals surface area contributed by atoms with Crippen LogP contribution in [0, 0.1) is 0 Å². The SMILES string of the molecule is CN1C(=O)CCC1c1nnnn1C. The summed E-state index contributed by atoms with van der Waals surface area (Å²) in [7, 11) is 3.57. The Morgan fingerprint density at radius 1 is 1.46 bits per heavy atom. The van der Waals surface area contributed by atoms with Gasteiger partial charge in [-0.25, -0.2) is 4.68 Å². The van der Waals surface area contributed by atoms with Crippen LogP contribution in [0.25, 0.3) is 0 Å². The second kappa shape index (κ2) is 2.79. The van der Waals surface area contributed by atoms with Gasteiger partial charge in [0.05, 0.1) is 6.04 Å². The second-order valence-electron chi connectivity index (χ2n) is 3.22. The van der Waals surface area contributed by atoms with Crippen molar-refractivity contribution in [3.63, 3.8) is 0 Å². The molecule has 1 saturated heterocycles.